The molecule has 0 aromatic heterocycles. The molecule has 1 saturated heterocycles. The Bertz CT molecular complexity index is 1010. The molecule has 3 rings (SSSR count). The van der Waals surface area contributed by atoms with Crippen LogP contribution in [0.25, 0.3) is 6.08 Å². The minimum Gasteiger partial charge on any atom is -0.378 e. The molecule has 1 aliphatic rings. The van der Waals surface area contributed by atoms with Gasteiger partial charge in [-0.05, 0) is 42.0 Å². The smallest absolute Gasteiger partial charge is 0.266 e. The maximum Gasteiger partial charge on any atom is 0.266 e. The fourth-order valence-corrected chi connectivity index (χ4v) is 3.23. The van der Waals surface area contributed by atoms with Gasteiger partial charge in [-0.3, -0.25) is 9.59 Å². The molecule has 1 heterocycles. The van der Waals surface area contributed by atoms with Gasteiger partial charge in [-0.1, -0.05) is 23.7 Å². The monoisotopic (exact) mass is 424 g/mol. The Labute approximate surface area is 179 Å². The average Bonchev–Trinajstić information content (AvgIpc) is 2.73. The quantitative estimate of drug-likeness (QED) is 0.564. The summed E-state index contributed by atoms with van der Waals surface area (Å²) in [5, 5.41) is 15.4. The first-order chi connectivity index (χ1) is 14.5. The second-order valence-corrected chi connectivity index (χ2v) is 7.12. The number of rotatable bonds is 5. The molecule has 0 spiro atoms. The fourth-order valence-electron chi connectivity index (χ4n) is 3.06. The molecule has 2 amide bonds. The topological polar surface area (TPSA) is 94.5 Å². The van der Waals surface area contributed by atoms with Crippen molar-refractivity contribution in [2.45, 2.75) is 6.92 Å². The lowest BCUT2D eigenvalue weighted by atomic mass is 10.1. The van der Waals surface area contributed by atoms with E-state index in [1.807, 2.05) is 12.1 Å². The van der Waals surface area contributed by atoms with Gasteiger partial charge in [-0.25, -0.2) is 0 Å². The number of anilines is 3. The van der Waals surface area contributed by atoms with Crippen LogP contribution in [-0.2, 0) is 14.3 Å². The Morgan fingerprint density at radius 3 is 2.47 bits per heavy atom. The van der Waals surface area contributed by atoms with Gasteiger partial charge in [-0.15, -0.1) is 0 Å². The van der Waals surface area contributed by atoms with Crippen LogP contribution in [0.3, 0.4) is 0 Å². The third-order valence-corrected chi connectivity index (χ3v) is 4.70. The molecule has 154 valence electrons. The minimum absolute atomic E-state index is 0.0461. The molecule has 0 radical (unpaired) electrons. The van der Waals surface area contributed by atoms with Crippen LogP contribution in [0.4, 0.5) is 17.1 Å². The van der Waals surface area contributed by atoms with Crippen molar-refractivity contribution in [3.63, 3.8) is 0 Å². The van der Waals surface area contributed by atoms with Gasteiger partial charge in [-0.2, -0.15) is 5.26 Å². The van der Waals surface area contributed by atoms with E-state index in [0.717, 1.165) is 5.69 Å². The fraction of sp³-hybridized carbons (Fsp3) is 0.227. The number of morpholine rings is 1. The summed E-state index contributed by atoms with van der Waals surface area (Å²) in [6, 6.07) is 14.1. The Hall–Kier alpha value is -3.34. The zero-order chi connectivity index (χ0) is 21.5. The van der Waals surface area contributed by atoms with Crippen molar-refractivity contribution in [2.24, 2.45) is 0 Å². The van der Waals surface area contributed by atoms with Crippen molar-refractivity contribution in [2.75, 3.05) is 41.8 Å². The van der Waals surface area contributed by atoms with Crippen molar-refractivity contribution in [3.05, 3.63) is 58.6 Å². The van der Waals surface area contributed by atoms with E-state index in [1.54, 1.807) is 36.4 Å². The number of ether oxygens (including phenoxy) is 1. The molecule has 8 heteroatoms. The highest BCUT2D eigenvalue weighted by Gasteiger charge is 2.18. The van der Waals surface area contributed by atoms with Crippen molar-refractivity contribution >= 4 is 46.6 Å². The first kappa shape index (κ1) is 21.4. The van der Waals surface area contributed by atoms with Crippen molar-refractivity contribution in [1.29, 1.82) is 5.26 Å². The van der Waals surface area contributed by atoms with Crippen LogP contribution in [0.1, 0.15) is 12.5 Å². The van der Waals surface area contributed by atoms with Gasteiger partial charge in [0, 0.05) is 30.7 Å². The normalized spacial score (nSPS) is 14.0. The molecule has 2 aromatic carbocycles. The molecular weight excluding hydrogens is 404 g/mol. The predicted molar refractivity (Wildman–Crippen MR) is 117 cm³/mol. The van der Waals surface area contributed by atoms with E-state index in [0.29, 0.717) is 48.3 Å². The molecule has 0 bridgehead atoms. The second kappa shape index (κ2) is 9.92. The van der Waals surface area contributed by atoms with Crippen LogP contribution < -0.4 is 15.5 Å². The van der Waals surface area contributed by atoms with Gasteiger partial charge in [0.15, 0.2) is 0 Å². The summed E-state index contributed by atoms with van der Waals surface area (Å²) in [4.78, 5) is 26.0. The molecule has 1 fully saturated rings. The summed E-state index contributed by atoms with van der Waals surface area (Å²) in [5.41, 5.74) is 2.62. The lowest BCUT2D eigenvalue weighted by Gasteiger charge is -2.30. The summed E-state index contributed by atoms with van der Waals surface area (Å²) < 4.78 is 5.39. The van der Waals surface area contributed by atoms with E-state index in [1.165, 1.54) is 13.0 Å². The summed E-state index contributed by atoms with van der Waals surface area (Å²) >= 11 is 6.13. The number of amides is 2. The van der Waals surface area contributed by atoms with Crippen LogP contribution in [0.15, 0.2) is 48.0 Å². The zero-order valence-corrected chi connectivity index (χ0v) is 17.2. The lowest BCUT2D eigenvalue weighted by Crippen LogP contribution is -2.36. The number of nitriles is 1. The summed E-state index contributed by atoms with van der Waals surface area (Å²) in [7, 11) is 0. The molecule has 0 saturated carbocycles. The van der Waals surface area contributed by atoms with Gasteiger partial charge in [0.25, 0.3) is 5.91 Å². The van der Waals surface area contributed by atoms with Gasteiger partial charge < -0.3 is 20.3 Å². The Morgan fingerprint density at radius 2 is 1.83 bits per heavy atom. The molecule has 0 unspecified atom stereocenters. The summed E-state index contributed by atoms with van der Waals surface area (Å²) in [5.74, 6) is -0.701. The summed E-state index contributed by atoms with van der Waals surface area (Å²) in [6.07, 6.45) is 1.49. The maximum atomic E-state index is 12.8. The van der Waals surface area contributed by atoms with E-state index in [2.05, 4.69) is 15.5 Å². The van der Waals surface area contributed by atoms with E-state index in [-0.39, 0.29) is 11.5 Å². The Kier molecular flexibility index (Phi) is 7.07. The zero-order valence-electron chi connectivity index (χ0n) is 16.4. The summed E-state index contributed by atoms with van der Waals surface area (Å²) in [6.45, 7) is 4.03. The molecule has 30 heavy (non-hydrogen) atoms. The number of halogens is 1. The number of nitrogens with zero attached hydrogens (tertiary/aromatic N) is 2. The first-order valence-corrected chi connectivity index (χ1v) is 9.77. The first-order valence-electron chi connectivity index (χ1n) is 9.39. The van der Waals surface area contributed by atoms with Crippen molar-refractivity contribution < 1.29 is 14.3 Å². The molecule has 2 aromatic rings. The van der Waals surface area contributed by atoms with E-state index < -0.39 is 5.91 Å². The minimum atomic E-state index is -0.528. The highest BCUT2D eigenvalue weighted by Crippen LogP contribution is 2.30. The molecule has 1 aliphatic heterocycles. The van der Waals surface area contributed by atoms with Crippen molar-refractivity contribution in [3.8, 4) is 6.07 Å². The highest BCUT2D eigenvalue weighted by molar-refractivity contribution is 6.31. The average molecular weight is 425 g/mol. The molecule has 7 nitrogen and oxygen atoms in total. The highest BCUT2D eigenvalue weighted by atomic mass is 35.5. The standard InChI is InChI=1S/C22H21ClN4O3/c1-15(28)25-19-5-2-16(3-6-19)12-17(14-24)22(29)26-20-13-18(23)4-7-21(20)27-8-10-30-11-9-27/h2-7,12-13H,8-11H2,1H3,(H,25,28)(H,26,29)/b17-12+. The number of nitrogens with one attached hydrogen (secondary N) is 2. The molecule has 0 aliphatic carbocycles. The van der Waals surface area contributed by atoms with Crippen LogP contribution in [0, 0.1) is 11.3 Å². The van der Waals surface area contributed by atoms with Gasteiger partial charge in [0.05, 0.1) is 24.6 Å². The largest absolute Gasteiger partial charge is 0.378 e. The molecule has 0 atom stereocenters. The van der Waals surface area contributed by atoms with Gasteiger partial charge >= 0.3 is 0 Å². The number of benzene rings is 2. The number of hydrogen-bond donors (Lipinski definition) is 2. The van der Waals surface area contributed by atoms with Crippen molar-refractivity contribution in [1.82, 2.24) is 0 Å². The van der Waals surface area contributed by atoms with Crippen LogP contribution in [-0.4, -0.2) is 38.1 Å². The van der Waals surface area contributed by atoms with Crippen LogP contribution in [0.2, 0.25) is 5.02 Å². The maximum absolute atomic E-state index is 12.8. The van der Waals surface area contributed by atoms with E-state index in [4.69, 9.17) is 16.3 Å². The van der Waals surface area contributed by atoms with E-state index in [9.17, 15) is 14.9 Å². The SMILES string of the molecule is CC(=O)Nc1ccc(/C=C(\C#N)C(=O)Nc2cc(Cl)ccc2N2CCOCC2)cc1. The molecule has 2 N–H and O–H groups in total. The number of carbonyl (C=O) groups is 2. The third kappa shape index (κ3) is 5.60. The number of carbonyl (C=O) groups excluding carboxylic acids is 2. The Balaban J connectivity index is 1.80. The third-order valence-electron chi connectivity index (χ3n) is 4.47. The predicted octanol–water partition coefficient (Wildman–Crippen LogP) is 3.68. The second-order valence-electron chi connectivity index (χ2n) is 6.69. The lowest BCUT2D eigenvalue weighted by molar-refractivity contribution is -0.114. The number of hydrogen-bond acceptors (Lipinski definition) is 5. The van der Waals surface area contributed by atoms with Gasteiger partial charge in [0.2, 0.25) is 5.91 Å². The molecular formula is C22H21ClN4O3. The van der Waals surface area contributed by atoms with E-state index >= 15 is 0 Å². The van der Waals surface area contributed by atoms with Crippen LogP contribution in [0.5, 0.6) is 0 Å². The van der Waals surface area contributed by atoms with Gasteiger partial charge in [0.1, 0.15) is 11.6 Å². The van der Waals surface area contributed by atoms with Crippen LogP contribution >= 0.6 is 11.6 Å². The Morgan fingerprint density at radius 1 is 1.13 bits per heavy atom.